The molecule has 170 valence electrons. The Labute approximate surface area is 185 Å². The second-order valence-corrected chi connectivity index (χ2v) is 9.33. The maximum Gasteiger partial charge on any atom is 0.241 e. The van der Waals surface area contributed by atoms with Crippen LogP contribution < -0.4 is 4.72 Å². The fraction of sp³-hybridized carbons (Fsp3) is 0.381. The fourth-order valence-corrected chi connectivity index (χ4v) is 5.03. The van der Waals surface area contributed by atoms with Crippen LogP contribution >= 0.6 is 0 Å². The minimum atomic E-state index is -3.93. The summed E-state index contributed by atoms with van der Waals surface area (Å²) in [6.45, 7) is 0.225. The SMILES string of the molecule is O=S(=O)(N[C@@H]1CC[C@@H](CCn2cc(-c3ccccn3)nn2)O[C@H]1CO)c1cccc(F)c1. The highest BCUT2D eigenvalue weighted by atomic mass is 32.2. The summed E-state index contributed by atoms with van der Waals surface area (Å²) in [5.74, 6) is -0.633. The summed E-state index contributed by atoms with van der Waals surface area (Å²) in [7, 11) is -3.93. The number of aliphatic hydroxyl groups is 1. The van der Waals surface area contributed by atoms with Crippen molar-refractivity contribution in [2.75, 3.05) is 6.61 Å². The summed E-state index contributed by atoms with van der Waals surface area (Å²) in [6, 6.07) is 9.76. The van der Waals surface area contributed by atoms with E-state index in [4.69, 9.17) is 4.74 Å². The zero-order valence-corrected chi connectivity index (χ0v) is 18.0. The Morgan fingerprint density at radius 2 is 2.06 bits per heavy atom. The Balaban J connectivity index is 1.33. The molecule has 0 radical (unpaired) electrons. The van der Waals surface area contributed by atoms with E-state index in [1.54, 1.807) is 10.9 Å². The largest absolute Gasteiger partial charge is 0.394 e. The number of rotatable bonds is 8. The van der Waals surface area contributed by atoms with E-state index in [1.807, 2.05) is 24.4 Å². The number of aromatic nitrogens is 4. The zero-order valence-electron chi connectivity index (χ0n) is 17.2. The topological polar surface area (TPSA) is 119 Å². The molecule has 2 aromatic heterocycles. The molecule has 9 nitrogen and oxygen atoms in total. The van der Waals surface area contributed by atoms with Crippen LogP contribution in [0, 0.1) is 5.82 Å². The first-order chi connectivity index (χ1) is 15.4. The molecule has 0 spiro atoms. The number of hydrogen-bond donors (Lipinski definition) is 2. The summed E-state index contributed by atoms with van der Waals surface area (Å²) < 4.78 is 48.8. The van der Waals surface area contributed by atoms with Gasteiger partial charge in [-0.1, -0.05) is 17.3 Å². The first-order valence-corrected chi connectivity index (χ1v) is 11.8. The standard InChI is InChI=1S/C21H24FN5O4S/c22-15-4-3-5-17(12-15)32(29,30)25-19-8-7-16(31-21(19)14-28)9-11-27-13-20(24-26-27)18-6-1-2-10-23-18/h1-6,10,12-13,16,19,21,25,28H,7-9,11,14H2/t16-,19+,21-/m0/s1. The molecule has 3 aromatic rings. The van der Waals surface area contributed by atoms with Gasteiger partial charge in [0, 0.05) is 12.7 Å². The van der Waals surface area contributed by atoms with Gasteiger partial charge in [0.1, 0.15) is 11.5 Å². The van der Waals surface area contributed by atoms with Gasteiger partial charge in [0.15, 0.2) is 0 Å². The third kappa shape index (κ3) is 5.36. The van der Waals surface area contributed by atoms with Crippen molar-refractivity contribution < 1.29 is 22.7 Å². The minimum absolute atomic E-state index is 0.161. The van der Waals surface area contributed by atoms with Gasteiger partial charge in [-0.2, -0.15) is 0 Å². The fourth-order valence-electron chi connectivity index (χ4n) is 3.70. The van der Waals surface area contributed by atoms with Crippen molar-refractivity contribution in [1.29, 1.82) is 0 Å². The second-order valence-electron chi connectivity index (χ2n) is 7.61. The van der Waals surface area contributed by atoms with Gasteiger partial charge >= 0.3 is 0 Å². The van der Waals surface area contributed by atoms with Crippen LogP contribution in [-0.4, -0.2) is 58.4 Å². The second kappa shape index (κ2) is 9.82. The smallest absolute Gasteiger partial charge is 0.241 e. The molecule has 0 amide bonds. The molecule has 1 aliphatic heterocycles. The highest BCUT2D eigenvalue weighted by Crippen LogP contribution is 2.24. The molecular formula is C21H24FN5O4S. The molecule has 32 heavy (non-hydrogen) atoms. The van der Waals surface area contributed by atoms with Crippen LogP contribution in [0.15, 0.2) is 59.8 Å². The van der Waals surface area contributed by atoms with E-state index in [9.17, 15) is 17.9 Å². The van der Waals surface area contributed by atoms with Crippen LogP contribution in [-0.2, 0) is 21.3 Å². The van der Waals surface area contributed by atoms with Gasteiger partial charge in [0.25, 0.3) is 0 Å². The molecule has 1 saturated heterocycles. The normalized spacial score (nSPS) is 21.5. The van der Waals surface area contributed by atoms with Crippen LogP contribution in [0.1, 0.15) is 19.3 Å². The van der Waals surface area contributed by atoms with Gasteiger partial charge in [-0.3, -0.25) is 9.67 Å². The van der Waals surface area contributed by atoms with Gasteiger partial charge in [0.05, 0.1) is 41.6 Å². The summed E-state index contributed by atoms with van der Waals surface area (Å²) in [6.07, 6.45) is 4.37. The molecule has 0 bridgehead atoms. The number of aliphatic hydroxyl groups excluding tert-OH is 1. The Morgan fingerprint density at radius 3 is 2.81 bits per heavy atom. The van der Waals surface area contributed by atoms with Crippen molar-refractivity contribution in [2.24, 2.45) is 0 Å². The van der Waals surface area contributed by atoms with Crippen LogP contribution in [0.25, 0.3) is 11.4 Å². The number of ether oxygens (including phenoxy) is 1. The summed E-state index contributed by atoms with van der Waals surface area (Å²) in [5.41, 5.74) is 1.41. The summed E-state index contributed by atoms with van der Waals surface area (Å²) in [5, 5.41) is 18.0. The molecule has 0 saturated carbocycles. The predicted octanol–water partition coefficient (Wildman–Crippen LogP) is 1.76. The number of hydrogen-bond acceptors (Lipinski definition) is 7. The Hall–Kier alpha value is -2.73. The third-order valence-electron chi connectivity index (χ3n) is 5.35. The maximum absolute atomic E-state index is 13.4. The molecule has 4 rings (SSSR count). The minimum Gasteiger partial charge on any atom is -0.394 e. The zero-order chi connectivity index (χ0) is 22.6. The summed E-state index contributed by atoms with van der Waals surface area (Å²) in [4.78, 5) is 4.09. The first kappa shape index (κ1) is 22.5. The number of benzene rings is 1. The van der Waals surface area contributed by atoms with Crippen LogP contribution in [0.4, 0.5) is 4.39 Å². The van der Waals surface area contributed by atoms with Crippen molar-refractivity contribution in [3.8, 4) is 11.4 Å². The van der Waals surface area contributed by atoms with Gasteiger partial charge in [-0.05, 0) is 49.6 Å². The first-order valence-electron chi connectivity index (χ1n) is 10.3. The highest BCUT2D eigenvalue weighted by molar-refractivity contribution is 7.89. The molecule has 0 unspecified atom stereocenters. The molecule has 3 atom stereocenters. The molecule has 11 heteroatoms. The molecule has 1 aromatic carbocycles. The Bertz CT molecular complexity index is 1140. The van der Waals surface area contributed by atoms with Crippen LogP contribution in [0.2, 0.25) is 0 Å². The van der Waals surface area contributed by atoms with Crippen molar-refractivity contribution in [1.82, 2.24) is 24.7 Å². The number of pyridine rings is 1. The van der Waals surface area contributed by atoms with E-state index < -0.39 is 28.0 Å². The number of sulfonamides is 1. The number of halogens is 1. The molecular weight excluding hydrogens is 437 g/mol. The van der Waals surface area contributed by atoms with Crippen LogP contribution in [0.3, 0.4) is 0 Å². The van der Waals surface area contributed by atoms with Crippen molar-refractivity contribution in [3.05, 3.63) is 60.7 Å². The van der Waals surface area contributed by atoms with E-state index in [2.05, 4.69) is 20.0 Å². The lowest BCUT2D eigenvalue weighted by Gasteiger charge is -2.36. The van der Waals surface area contributed by atoms with E-state index in [0.717, 1.165) is 11.8 Å². The average Bonchev–Trinajstić information content (AvgIpc) is 3.28. The van der Waals surface area contributed by atoms with E-state index >= 15 is 0 Å². The molecule has 0 aliphatic carbocycles. The summed E-state index contributed by atoms with van der Waals surface area (Å²) >= 11 is 0. The lowest BCUT2D eigenvalue weighted by atomic mass is 9.98. The van der Waals surface area contributed by atoms with Gasteiger partial charge in [-0.15, -0.1) is 5.10 Å². The van der Waals surface area contributed by atoms with E-state index in [0.29, 0.717) is 31.5 Å². The lowest BCUT2D eigenvalue weighted by Crippen LogP contribution is -2.50. The quantitative estimate of drug-likeness (QED) is 0.525. The van der Waals surface area contributed by atoms with Gasteiger partial charge < -0.3 is 9.84 Å². The maximum atomic E-state index is 13.4. The molecule has 1 fully saturated rings. The predicted molar refractivity (Wildman–Crippen MR) is 113 cm³/mol. The van der Waals surface area contributed by atoms with Crippen LogP contribution in [0.5, 0.6) is 0 Å². The van der Waals surface area contributed by atoms with Gasteiger partial charge in [0.2, 0.25) is 10.0 Å². The number of nitrogens with one attached hydrogen (secondary N) is 1. The van der Waals surface area contributed by atoms with E-state index in [-0.39, 0.29) is 17.6 Å². The van der Waals surface area contributed by atoms with E-state index in [1.165, 1.54) is 18.2 Å². The van der Waals surface area contributed by atoms with Crippen molar-refractivity contribution >= 4 is 10.0 Å². The average molecular weight is 462 g/mol. The highest BCUT2D eigenvalue weighted by Gasteiger charge is 2.34. The lowest BCUT2D eigenvalue weighted by molar-refractivity contribution is -0.0891. The molecule has 1 aliphatic rings. The van der Waals surface area contributed by atoms with Crippen molar-refractivity contribution in [2.45, 2.75) is 49.0 Å². The van der Waals surface area contributed by atoms with Gasteiger partial charge in [-0.25, -0.2) is 17.5 Å². The van der Waals surface area contributed by atoms with Crippen molar-refractivity contribution in [3.63, 3.8) is 0 Å². The third-order valence-corrected chi connectivity index (χ3v) is 6.84. The molecule has 3 heterocycles. The molecule has 2 N–H and O–H groups in total. The monoisotopic (exact) mass is 461 g/mol. The number of nitrogens with zero attached hydrogens (tertiary/aromatic N) is 4. The number of aryl methyl sites for hydroxylation is 1. The Kier molecular flexibility index (Phi) is 6.89. The Morgan fingerprint density at radius 1 is 1.19 bits per heavy atom.